The Labute approximate surface area is 162 Å². The molecule has 4 rings (SSSR count). The second-order valence-electron chi connectivity index (χ2n) is 8.72. The second kappa shape index (κ2) is 8.88. The number of morpholine rings is 1. The molecule has 4 fully saturated rings. The van der Waals surface area contributed by atoms with E-state index < -0.39 is 0 Å². The lowest BCUT2D eigenvalue weighted by Crippen LogP contribution is -2.61. The fraction of sp³-hybridized carbons (Fsp3) is 0.900. The van der Waals surface area contributed by atoms with Gasteiger partial charge in [-0.1, -0.05) is 0 Å². The van der Waals surface area contributed by atoms with Crippen molar-refractivity contribution in [3.05, 3.63) is 0 Å². The van der Waals surface area contributed by atoms with E-state index in [1.54, 1.807) is 0 Å². The van der Waals surface area contributed by atoms with Crippen LogP contribution in [-0.4, -0.2) is 98.1 Å². The van der Waals surface area contributed by atoms with E-state index >= 15 is 0 Å². The highest BCUT2D eigenvalue weighted by atomic mass is 16.5. The molecule has 0 aromatic heterocycles. The zero-order valence-electron chi connectivity index (χ0n) is 16.4. The number of ether oxygens (including phenoxy) is 1. The van der Waals surface area contributed by atoms with Crippen molar-refractivity contribution in [1.29, 1.82) is 0 Å². The van der Waals surface area contributed by atoms with Gasteiger partial charge in [-0.05, 0) is 44.1 Å². The van der Waals surface area contributed by atoms with Gasteiger partial charge >= 0.3 is 0 Å². The van der Waals surface area contributed by atoms with Crippen LogP contribution in [0.25, 0.3) is 0 Å². The van der Waals surface area contributed by atoms with Crippen molar-refractivity contribution in [2.24, 2.45) is 11.8 Å². The molecule has 4 heterocycles. The van der Waals surface area contributed by atoms with Crippen molar-refractivity contribution in [3.63, 3.8) is 0 Å². The minimum absolute atomic E-state index is 0.147. The lowest BCUT2D eigenvalue weighted by Gasteiger charge is -2.52. The molecule has 0 saturated carbocycles. The largest absolute Gasteiger partial charge is 0.379 e. The Hall–Kier alpha value is -1.18. The van der Waals surface area contributed by atoms with E-state index in [1.807, 2.05) is 0 Å². The summed E-state index contributed by atoms with van der Waals surface area (Å²) < 4.78 is 5.36. The van der Waals surface area contributed by atoms with Gasteiger partial charge in [0.05, 0.1) is 19.8 Å². The van der Waals surface area contributed by atoms with Crippen LogP contribution in [0.1, 0.15) is 32.1 Å². The van der Waals surface area contributed by atoms with Gasteiger partial charge in [-0.25, -0.2) is 0 Å². The molecule has 3 atom stereocenters. The first-order valence-electron chi connectivity index (χ1n) is 10.8. The maximum absolute atomic E-state index is 12.4. The topological polar surface area (TPSA) is 65.1 Å². The molecule has 0 aromatic carbocycles. The highest BCUT2D eigenvalue weighted by Crippen LogP contribution is 2.37. The highest BCUT2D eigenvalue weighted by molar-refractivity contribution is 5.78. The van der Waals surface area contributed by atoms with Gasteiger partial charge < -0.3 is 15.0 Å². The van der Waals surface area contributed by atoms with Crippen LogP contribution in [0.5, 0.6) is 0 Å². The van der Waals surface area contributed by atoms with Crippen molar-refractivity contribution < 1.29 is 14.3 Å². The van der Waals surface area contributed by atoms with Gasteiger partial charge in [-0.3, -0.25) is 19.4 Å². The summed E-state index contributed by atoms with van der Waals surface area (Å²) in [6.45, 7) is 8.77. The number of carbonyl (C=O) groups excluding carboxylic acids is 2. The molecule has 0 spiro atoms. The van der Waals surface area contributed by atoms with E-state index in [4.69, 9.17) is 4.74 Å². The molecule has 152 valence electrons. The first kappa shape index (κ1) is 19.2. The Morgan fingerprint density at radius 1 is 1.15 bits per heavy atom. The third kappa shape index (κ3) is 4.81. The molecule has 2 amide bonds. The molecule has 2 unspecified atom stereocenters. The normalized spacial score (nSPS) is 32.2. The van der Waals surface area contributed by atoms with Crippen LogP contribution in [0, 0.1) is 11.8 Å². The van der Waals surface area contributed by atoms with Gasteiger partial charge in [0.15, 0.2) is 0 Å². The molecule has 4 aliphatic heterocycles. The van der Waals surface area contributed by atoms with Crippen LogP contribution < -0.4 is 5.32 Å². The Bertz CT molecular complexity index is 537. The average molecular weight is 379 g/mol. The van der Waals surface area contributed by atoms with Crippen molar-refractivity contribution in [1.82, 2.24) is 20.0 Å². The van der Waals surface area contributed by atoms with Crippen molar-refractivity contribution in [2.75, 3.05) is 65.6 Å². The fourth-order valence-corrected chi connectivity index (χ4v) is 5.46. The van der Waals surface area contributed by atoms with Gasteiger partial charge in [-0.2, -0.15) is 0 Å². The number of amides is 2. The molecular weight excluding hydrogens is 344 g/mol. The number of rotatable bonds is 6. The summed E-state index contributed by atoms with van der Waals surface area (Å²) in [4.78, 5) is 31.5. The quantitative estimate of drug-likeness (QED) is 0.667. The summed E-state index contributed by atoms with van der Waals surface area (Å²) in [7, 11) is 0. The van der Waals surface area contributed by atoms with E-state index in [2.05, 4.69) is 20.0 Å². The maximum Gasteiger partial charge on any atom is 0.234 e. The summed E-state index contributed by atoms with van der Waals surface area (Å²) in [6, 6.07) is 0.418. The predicted octanol–water partition coefficient (Wildman–Crippen LogP) is 0.158. The SMILES string of the molecule is O=C(CN1CC2CC(C1)[C@H]1CCCC(=O)N1C2)NCCCN1CCOCC1. The number of hydrogen-bond acceptors (Lipinski definition) is 5. The Morgan fingerprint density at radius 2 is 2.00 bits per heavy atom. The number of carbonyl (C=O) groups is 2. The average Bonchev–Trinajstić information content (AvgIpc) is 2.67. The van der Waals surface area contributed by atoms with E-state index in [9.17, 15) is 9.59 Å². The standard InChI is InChI=1S/C20H34N4O3/c25-19(21-5-2-6-22-7-9-27-10-8-22)15-23-12-16-11-17(14-23)18-3-1-4-20(26)24(18)13-16/h16-18H,1-15H2,(H,21,25)/t16?,17?,18-/m1/s1. The van der Waals surface area contributed by atoms with Gasteiger partial charge in [0.1, 0.15) is 0 Å². The third-order valence-electron chi connectivity index (χ3n) is 6.70. The number of nitrogens with one attached hydrogen (secondary N) is 1. The van der Waals surface area contributed by atoms with Crippen molar-refractivity contribution in [2.45, 2.75) is 38.1 Å². The van der Waals surface area contributed by atoms with Gasteiger partial charge in [0, 0.05) is 51.7 Å². The summed E-state index contributed by atoms with van der Waals surface area (Å²) >= 11 is 0. The molecule has 4 saturated heterocycles. The number of hydrogen-bond donors (Lipinski definition) is 1. The Morgan fingerprint density at radius 3 is 2.85 bits per heavy atom. The van der Waals surface area contributed by atoms with Crippen molar-refractivity contribution in [3.8, 4) is 0 Å². The number of nitrogens with zero attached hydrogens (tertiary/aromatic N) is 3. The van der Waals surface area contributed by atoms with Crippen LogP contribution in [0.2, 0.25) is 0 Å². The zero-order valence-corrected chi connectivity index (χ0v) is 16.4. The molecule has 2 bridgehead atoms. The van der Waals surface area contributed by atoms with Gasteiger partial charge in [0.25, 0.3) is 0 Å². The minimum atomic E-state index is 0.147. The van der Waals surface area contributed by atoms with E-state index in [0.717, 1.165) is 84.7 Å². The van der Waals surface area contributed by atoms with Crippen LogP contribution in [0.3, 0.4) is 0 Å². The molecule has 1 N–H and O–H groups in total. The summed E-state index contributed by atoms with van der Waals surface area (Å²) in [6.07, 6.45) is 5.13. The fourth-order valence-electron chi connectivity index (χ4n) is 5.46. The third-order valence-corrected chi connectivity index (χ3v) is 6.70. The minimum Gasteiger partial charge on any atom is -0.379 e. The monoisotopic (exact) mass is 378 g/mol. The molecule has 0 radical (unpaired) electrons. The van der Waals surface area contributed by atoms with E-state index in [1.165, 1.54) is 6.42 Å². The van der Waals surface area contributed by atoms with Crippen LogP contribution in [0.4, 0.5) is 0 Å². The van der Waals surface area contributed by atoms with Crippen LogP contribution in [-0.2, 0) is 14.3 Å². The Balaban J connectivity index is 1.18. The second-order valence-corrected chi connectivity index (χ2v) is 8.72. The number of fused-ring (bicyclic) bond motifs is 4. The van der Waals surface area contributed by atoms with E-state index in [0.29, 0.717) is 30.3 Å². The molecule has 7 nitrogen and oxygen atoms in total. The molecule has 7 heteroatoms. The predicted molar refractivity (Wildman–Crippen MR) is 102 cm³/mol. The smallest absolute Gasteiger partial charge is 0.234 e. The van der Waals surface area contributed by atoms with E-state index in [-0.39, 0.29) is 5.91 Å². The first-order valence-corrected chi connectivity index (χ1v) is 10.8. The molecule has 0 aliphatic carbocycles. The van der Waals surface area contributed by atoms with Crippen LogP contribution in [0.15, 0.2) is 0 Å². The van der Waals surface area contributed by atoms with Gasteiger partial charge in [0.2, 0.25) is 11.8 Å². The molecular formula is C20H34N4O3. The van der Waals surface area contributed by atoms with Crippen LogP contribution >= 0.6 is 0 Å². The molecule has 4 aliphatic rings. The first-order chi connectivity index (χ1) is 13.2. The zero-order chi connectivity index (χ0) is 18.6. The molecule has 27 heavy (non-hydrogen) atoms. The summed E-state index contributed by atoms with van der Waals surface area (Å²) in [5.41, 5.74) is 0. The Kier molecular flexibility index (Phi) is 6.30. The number of piperidine rings is 3. The summed E-state index contributed by atoms with van der Waals surface area (Å²) in [5, 5.41) is 3.10. The lowest BCUT2D eigenvalue weighted by atomic mass is 9.76. The number of likely N-dealkylation sites (tertiary alicyclic amines) is 1. The van der Waals surface area contributed by atoms with Gasteiger partial charge in [-0.15, -0.1) is 0 Å². The summed E-state index contributed by atoms with van der Waals surface area (Å²) in [5.74, 6) is 1.59. The lowest BCUT2D eigenvalue weighted by molar-refractivity contribution is -0.145. The maximum atomic E-state index is 12.4. The highest BCUT2D eigenvalue weighted by Gasteiger charge is 2.43. The van der Waals surface area contributed by atoms with Crippen molar-refractivity contribution >= 4 is 11.8 Å². The molecule has 0 aromatic rings.